The predicted octanol–water partition coefficient (Wildman–Crippen LogP) is 6.41. The van der Waals surface area contributed by atoms with Gasteiger partial charge in [0.25, 0.3) is 5.91 Å². The first-order valence-electron chi connectivity index (χ1n) is 10.8. The number of ether oxygens (including phenoxy) is 2. The van der Waals surface area contributed by atoms with Crippen molar-refractivity contribution < 1.29 is 19.1 Å². The first-order chi connectivity index (χ1) is 16.9. The van der Waals surface area contributed by atoms with Crippen molar-refractivity contribution in [2.24, 2.45) is 0 Å². The molecule has 1 aliphatic rings. The monoisotopic (exact) mass is 621 g/mol. The topological polar surface area (TPSA) is 71.1 Å². The van der Waals surface area contributed by atoms with E-state index in [1.807, 2.05) is 36.4 Å². The van der Waals surface area contributed by atoms with E-state index < -0.39 is 0 Å². The van der Waals surface area contributed by atoms with Gasteiger partial charge >= 0.3 is 6.03 Å². The van der Waals surface area contributed by atoms with Gasteiger partial charge in [-0.25, -0.2) is 4.79 Å². The zero-order valence-corrected chi connectivity index (χ0v) is 22.5. The fourth-order valence-corrected chi connectivity index (χ4v) is 4.28. The number of carbonyl (C=O) groups excluding carboxylic acids is 2. The molecule has 0 atom stereocenters. The molecule has 1 aliphatic heterocycles. The fraction of sp³-hybridized carbons (Fsp3) is 0.200. The molecule has 0 spiro atoms. The SMILES string of the molecule is O=C(COc1ccc(Br)cc1)N1CCN(C(=O)Nc2cc(Cl)ccc2Oc2cccc(Br)c2)CC1. The number of carbonyl (C=O) groups is 2. The molecule has 182 valence electrons. The summed E-state index contributed by atoms with van der Waals surface area (Å²) in [7, 11) is 0. The van der Waals surface area contributed by atoms with Crippen LogP contribution >= 0.6 is 43.5 Å². The van der Waals surface area contributed by atoms with Gasteiger partial charge in [-0.2, -0.15) is 0 Å². The largest absolute Gasteiger partial charge is 0.484 e. The molecule has 0 aliphatic carbocycles. The Kier molecular flexibility index (Phi) is 8.54. The van der Waals surface area contributed by atoms with Crippen LogP contribution in [0.15, 0.2) is 75.7 Å². The predicted molar refractivity (Wildman–Crippen MR) is 142 cm³/mol. The van der Waals surface area contributed by atoms with E-state index in [9.17, 15) is 9.59 Å². The zero-order valence-electron chi connectivity index (χ0n) is 18.5. The maximum Gasteiger partial charge on any atom is 0.322 e. The van der Waals surface area contributed by atoms with Crippen molar-refractivity contribution in [2.45, 2.75) is 0 Å². The van der Waals surface area contributed by atoms with Gasteiger partial charge in [0.2, 0.25) is 0 Å². The van der Waals surface area contributed by atoms with Crippen LogP contribution < -0.4 is 14.8 Å². The molecular formula is C25H22Br2ClN3O4. The van der Waals surface area contributed by atoms with Crippen molar-refractivity contribution in [1.82, 2.24) is 9.80 Å². The molecular weight excluding hydrogens is 602 g/mol. The number of hydrogen-bond donors (Lipinski definition) is 1. The van der Waals surface area contributed by atoms with Gasteiger partial charge in [-0.1, -0.05) is 49.5 Å². The van der Waals surface area contributed by atoms with Crippen LogP contribution in [-0.4, -0.2) is 54.5 Å². The summed E-state index contributed by atoms with van der Waals surface area (Å²) in [5.41, 5.74) is 0.462. The number of anilines is 1. The maximum absolute atomic E-state index is 12.9. The number of urea groups is 1. The first kappa shape index (κ1) is 25.3. The van der Waals surface area contributed by atoms with Gasteiger partial charge in [-0.15, -0.1) is 0 Å². The molecule has 1 saturated heterocycles. The Hall–Kier alpha value is -2.75. The molecule has 0 radical (unpaired) electrons. The summed E-state index contributed by atoms with van der Waals surface area (Å²) >= 11 is 13.0. The molecule has 10 heteroatoms. The van der Waals surface area contributed by atoms with Gasteiger partial charge in [0.15, 0.2) is 12.4 Å². The first-order valence-corrected chi connectivity index (χ1v) is 12.8. The van der Waals surface area contributed by atoms with E-state index in [1.54, 1.807) is 40.1 Å². The molecule has 1 N–H and O–H groups in total. The van der Waals surface area contributed by atoms with Crippen molar-refractivity contribution in [2.75, 3.05) is 38.1 Å². The highest BCUT2D eigenvalue weighted by Gasteiger charge is 2.25. The molecule has 3 amide bonds. The van der Waals surface area contributed by atoms with Crippen molar-refractivity contribution in [3.63, 3.8) is 0 Å². The summed E-state index contributed by atoms with van der Waals surface area (Å²) in [6, 6.07) is 19.5. The Morgan fingerprint density at radius 1 is 0.857 bits per heavy atom. The number of rotatable bonds is 6. The fourth-order valence-electron chi connectivity index (χ4n) is 3.47. The van der Waals surface area contributed by atoms with Crippen LogP contribution in [-0.2, 0) is 4.79 Å². The second-order valence-corrected chi connectivity index (χ2v) is 10.0. The van der Waals surface area contributed by atoms with Crippen molar-refractivity contribution in [1.29, 1.82) is 0 Å². The second-order valence-electron chi connectivity index (χ2n) is 7.74. The van der Waals surface area contributed by atoms with E-state index >= 15 is 0 Å². The molecule has 4 rings (SSSR count). The number of halogens is 3. The minimum Gasteiger partial charge on any atom is -0.484 e. The average molecular weight is 624 g/mol. The Balaban J connectivity index is 1.31. The van der Waals surface area contributed by atoms with Gasteiger partial charge in [0.05, 0.1) is 5.69 Å². The molecule has 35 heavy (non-hydrogen) atoms. The lowest BCUT2D eigenvalue weighted by molar-refractivity contribution is -0.134. The second kappa shape index (κ2) is 11.8. The highest BCUT2D eigenvalue weighted by Crippen LogP contribution is 2.33. The summed E-state index contributed by atoms with van der Waals surface area (Å²) in [6.45, 7) is 1.60. The third-order valence-electron chi connectivity index (χ3n) is 5.30. The van der Waals surface area contributed by atoms with Crippen LogP contribution in [0.4, 0.5) is 10.5 Å². The zero-order chi connectivity index (χ0) is 24.8. The van der Waals surface area contributed by atoms with Gasteiger partial charge in [-0.05, 0) is 60.7 Å². The smallest absolute Gasteiger partial charge is 0.322 e. The van der Waals surface area contributed by atoms with Gasteiger partial charge < -0.3 is 24.6 Å². The Morgan fingerprint density at radius 3 is 2.29 bits per heavy atom. The molecule has 3 aromatic rings. The Morgan fingerprint density at radius 2 is 1.57 bits per heavy atom. The molecule has 0 unspecified atom stereocenters. The summed E-state index contributed by atoms with van der Waals surface area (Å²) in [5, 5.41) is 3.36. The minimum absolute atomic E-state index is 0.0490. The molecule has 0 aromatic heterocycles. The number of piperazine rings is 1. The van der Waals surface area contributed by atoms with Crippen LogP contribution in [0.5, 0.6) is 17.2 Å². The quantitative estimate of drug-likeness (QED) is 0.345. The minimum atomic E-state index is -0.287. The highest BCUT2D eigenvalue weighted by molar-refractivity contribution is 9.10. The van der Waals surface area contributed by atoms with Crippen LogP contribution in [0.25, 0.3) is 0 Å². The standard InChI is InChI=1S/C25H22Br2ClN3O4/c26-17-4-7-20(8-5-17)34-16-24(32)30-10-12-31(13-11-30)25(33)29-22-15-19(28)6-9-23(22)35-21-3-1-2-18(27)14-21/h1-9,14-15H,10-13,16H2,(H,29,33). The van der Waals surface area contributed by atoms with Crippen LogP contribution in [0.2, 0.25) is 5.02 Å². The van der Waals surface area contributed by atoms with Crippen LogP contribution in [0, 0.1) is 0 Å². The molecule has 1 fully saturated rings. The molecule has 1 heterocycles. The third-order valence-corrected chi connectivity index (χ3v) is 6.56. The number of hydrogen-bond acceptors (Lipinski definition) is 4. The van der Waals surface area contributed by atoms with Gasteiger partial charge in [0, 0.05) is 40.1 Å². The van der Waals surface area contributed by atoms with E-state index in [0.717, 1.165) is 8.95 Å². The highest BCUT2D eigenvalue weighted by atomic mass is 79.9. The van der Waals surface area contributed by atoms with Crippen LogP contribution in [0.3, 0.4) is 0 Å². The number of nitrogens with one attached hydrogen (secondary N) is 1. The maximum atomic E-state index is 12.9. The normalized spacial score (nSPS) is 13.3. The van der Waals surface area contributed by atoms with Gasteiger partial charge in [-0.3, -0.25) is 4.79 Å². The molecule has 0 saturated carbocycles. The van der Waals surface area contributed by atoms with E-state index in [2.05, 4.69) is 37.2 Å². The number of benzene rings is 3. The van der Waals surface area contributed by atoms with E-state index in [0.29, 0.717) is 54.1 Å². The lowest BCUT2D eigenvalue weighted by Gasteiger charge is -2.34. The van der Waals surface area contributed by atoms with E-state index in [-0.39, 0.29) is 18.5 Å². The number of nitrogens with zero attached hydrogens (tertiary/aromatic N) is 2. The molecule has 7 nitrogen and oxygen atoms in total. The summed E-state index contributed by atoms with van der Waals surface area (Å²) in [5.74, 6) is 1.60. The summed E-state index contributed by atoms with van der Waals surface area (Å²) < 4.78 is 13.4. The van der Waals surface area contributed by atoms with Crippen molar-refractivity contribution in [3.05, 3.63) is 80.7 Å². The van der Waals surface area contributed by atoms with Gasteiger partial charge in [0.1, 0.15) is 11.5 Å². The molecule has 0 bridgehead atoms. The summed E-state index contributed by atoms with van der Waals surface area (Å²) in [6.07, 6.45) is 0. The Labute approximate surface area is 225 Å². The molecule has 3 aromatic carbocycles. The average Bonchev–Trinajstić information content (AvgIpc) is 2.85. The number of amides is 3. The van der Waals surface area contributed by atoms with E-state index in [4.69, 9.17) is 21.1 Å². The third kappa shape index (κ3) is 7.13. The van der Waals surface area contributed by atoms with Crippen molar-refractivity contribution in [3.8, 4) is 17.2 Å². The van der Waals surface area contributed by atoms with Crippen molar-refractivity contribution >= 4 is 61.1 Å². The lowest BCUT2D eigenvalue weighted by atomic mass is 10.2. The van der Waals surface area contributed by atoms with Crippen LogP contribution in [0.1, 0.15) is 0 Å². The summed E-state index contributed by atoms with van der Waals surface area (Å²) in [4.78, 5) is 28.8. The van der Waals surface area contributed by atoms with E-state index in [1.165, 1.54) is 0 Å². The Bertz CT molecular complexity index is 1200. The lowest BCUT2D eigenvalue weighted by Crippen LogP contribution is -2.52.